The molecule has 4 rings (SSSR count). The second-order valence-electron chi connectivity index (χ2n) is 6.74. The van der Waals surface area contributed by atoms with E-state index in [2.05, 4.69) is 62.2 Å². The van der Waals surface area contributed by atoms with Gasteiger partial charge in [-0.1, -0.05) is 18.2 Å². The molecule has 118 valence electrons. The molecule has 0 amide bonds. The van der Waals surface area contributed by atoms with Gasteiger partial charge in [0.2, 0.25) is 5.72 Å². The second-order valence-corrected chi connectivity index (χ2v) is 6.74. The first kappa shape index (κ1) is 14.2. The molecular formula is C20H21NO2. The lowest BCUT2D eigenvalue weighted by atomic mass is 9.76. The molecule has 1 unspecified atom stereocenters. The number of methoxy groups -OCH3 is 1. The summed E-state index contributed by atoms with van der Waals surface area (Å²) in [6, 6.07) is 14.5. The average molecular weight is 307 g/mol. The molecule has 2 aliphatic heterocycles. The molecule has 0 saturated carbocycles. The molecule has 3 heteroatoms. The molecule has 0 aromatic heterocycles. The van der Waals surface area contributed by atoms with Gasteiger partial charge in [-0.05, 0) is 55.8 Å². The van der Waals surface area contributed by atoms with E-state index in [0.717, 1.165) is 17.1 Å². The minimum atomic E-state index is -0.516. The third kappa shape index (κ3) is 1.70. The van der Waals surface area contributed by atoms with Crippen molar-refractivity contribution in [1.82, 2.24) is 0 Å². The highest BCUT2D eigenvalue weighted by Gasteiger charge is 2.57. The van der Waals surface area contributed by atoms with Crippen LogP contribution in [0.3, 0.4) is 0 Å². The molecule has 2 aliphatic rings. The van der Waals surface area contributed by atoms with Gasteiger partial charge in [-0.2, -0.15) is 0 Å². The number of anilines is 1. The third-order valence-corrected chi connectivity index (χ3v) is 5.30. The SMILES string of the molecule is COc1ccc2c(c1)C=CC1(O2)N(C)c2ccccc2C1(C)C. The lowest BCUT2D eigenvalue weighted by Crippen LogP contribution is -2.58. The molecule has 1 atom stereocenters. The van der Waals surface area contributed by atoms with Crippen LogP contribution in [-0.4, -0.2) is 19.9 Å². The molecule has 0 aliphatic carbocycles. The van der Waals surface area contributed by atoms with Crippen LogP contribution < -0.4 is 14.4 Å². The summed E-state index contributed by atoms with van der Waals surface area (Å²) in [6.07, 6.45) is 4.32. The van der Waals surface area contributed by atoms with Gasteiger partial charge in [-0.3, -0.25) is 0 Å². The number of benzene rings is 2. The van der Waals surface area contributed by atoms with Crippen LogP contribution in [0.25, 0.3) is 6.08 Å². The second kappa shape index (κ2) is 4.54. The van der Waals surface area contributed by atoms with Gasteiger partial charge in [0.1, 0.15) is 11.5 Å². The van der Waals surface area contributed by atoms with E-state index >= 15 is 0 Å². The minimum Gasteiger partial charge on any atom is -0.497 e. The maximum absolute atomic E-state index is 6.57. The zero-order valence-electron chi connectivity index (χ0n) is 14.0. The van der Waals surface area contributed by atoms with Gasteiger partial charge in [-0.15, -0.1) is 0 Å². The summed E-state index contributed by atoms with van der Waals surface area (Å²) in [6.45, 7) is 4.49. The average Bonchev–Trinajstić information content (AvgIpc) is 2.74. The van der Waals surface area contributed by atoms with Crippen molar-refractivity contribution in [3.8, 4) is 11.5 Å². The van der Waals surface area contributed by atoms with E-state index in [4.69, 9.17) is 9.47 Å². The highest BCUT2D eigenvalue weighted by molar-refractivity contribution is 5.72. The van der Waals surface area contributed by atoms with E-state index in [0.29, 0.717) is 0 Å². The molecule has 3 nitrogen and oxygen atoms in total. The Labute approximate surface area is 137 Å². The fourth-order valence-corrected chi connectivity index (χ4v) is 3.88. The molecule has 2 aromatic carbocycles. The summed E-state index contributed by atoms with van der Waals surface area (Å²) in [7, 11) is 3.79. The van der Waals surface area contributed by atoms with E-state index < -0.39 is 5.72 Å². The van der Waals surface area contributed by atoms with Crippen molar-refractivity contribution < 1.29 is 9.47 Å². The van der Waals surface area contributed by atoms with Gasteiger partial charge in [-0.25, -0.2) is 0 Å². The number of fused-ring (bicyclic) bond motifs is 2. The van der Waals surface area contributed by atoms with Gasteiger partial charge in [0.05, 0.1) is 12.5 Å². The topological polar surface area (TPSA) is 21.7 Å². The summed E-state index contributed by atoms with van der Waals surface area (Å²) in [5, 5.41) is 0. The predicted molar refractivity (Wildman–Crippen MR) is 93.3 cm³/mol. The number of hydrogen-bond donors (Lipinski definition) is 0. The summed E-state index contributed by atoms with van der Waals surface area (Å²) in [5.74, 6) is 1.73. The van der Waals surface area contributed by atoms with Gasteiger partial charge < -0.3 is 14.4 Å². The molecule has 23 heavy (non-hydrogen) atoms. The lowest BCUT2D eigenvalue weighted by molar-refractivity contribution is 0.0581. The number of ether oxygens (including phenoxy) is 2. The zero-order chi connectivity index (χ0) is 16.2. The van der Waals surface area contributed by atoms with Crippen LogP contribution in [0.2, 0.25) is 0 Å². The molecule has 1 spiro atoms. The normalized spacial score (nSPS) is 23.4. The quantitative estimate of drug-likeness (QED) is 0.787. The Hall–Kier alpha value is -2.42. The maximum Gasteiger partial charge on any atom is 0.211 e. The molecule has 2 aromatic rings. The van der Waals surface area contributed by atoms with Crippen molar-refractivity contribution in [2.45, 2.75) is 25.0 Å². The van der Waals surface area contributed by atoms with E-state index in [1.165, 1.54) is 11.3 Å². The Morgan fingerprint density at radius 1 is 1.09 bits per heavy atom. The Balaban J connectivity index is 1.85. The first-order chi connectivity index (χ1) is 11.0. The Morgan fingerprint density at radius 2 is 1.87 bits per heavy atom. The van der Waals surface area contributed by atoms with Crippen molar-refractivity contribution >= 4 is 11.8 Å². The van der Waals surface area contributed by atoms with Crippen LogP contribution in [0, 0.1) is 0 Å². The van der Waals surface area contributed by atoms with E-state index in [1.54, 1.807) is 7.11 Å². The molecular weight excluding hydrogens is 286 g/mol. The zero-order valence-corrected chi connectivity index (χ0v) is 14.0. The molecule has 0 fully saturated rings. The highest BCUT2D eigenvalue weighted by Crippen LogP contribution is 2.54. The van der Waals surface area contributed by atoms with Crippen LogP contribution in [0.15, 0.2) is 48.5 Å². The molecule has 0 radical (unpaired) electrons. The van der Waals surface area contributed by atoms with Crippen molar-refractivity contribution in [2.24, 2.45) is 0 Å². The maximum atomic E-state index is 6.57. The molecule has 0 bridgehead atoms. The van der Waals surface area contributed by atoms with Crippen molar-refractivity contribution in [2.75, 3.05) is 19.1 Å². The number of para-hydroxylation sites is 1. The monoisotopic (exact) mass is 307 g/mol. The fraction of sp³-hybridized carbons (Fsp3) is 0.300. The van der Waals surface area contributed by atoms with Gasteiger partial charge in [0.25, 0.3) is 0 Å². The Kier molecular flexibility index (Phi) is 2.80. The predicted octanol–water partition coefficient (Wildman–Crippen LogP) is 4.22. The van der Waals surface area contributed by atoms with Crippen LogP contribution in [0.4, 0.5) is 5.69 Å². The number of nitrogens with zero attached hydrogens (tertiary/aromatic N) is 1. The van der Waals surface area contributed by atoms with E-state index in [1.807, 2.05) is 18.2 Å². The number of likely N-dealkylation sites (N-methyl/N-ethyl adjacent to an activating group) is 1. The molecule has 2 heterocycles. The summed E-state index contributed by atoms with van der Waals surface area (Å²) in [4.78, 5) is 2.24. The number of hydrogen-bond acceptors (Lipinski definition) is 3. The summed E-state index contributed by atoms with van der Waals surface area (Å²) >= 11 is 0. The van der Waals surface area contributed by atoms with E-state index in [-0.39, 0.29) is 5.41 Å². The number of rotatable bonds is 1. The van der Waals surface area contributed by atoms with Crippen LogP contribution >= 0.6 is 0 Å². The third-order valence-electron chi connectivity index (χ3n) is 5.30. The first-order valence-corrected chi connectivity index (χ1v) is 7.89. The van der Waals surface area contributed by atoms with Crippen molar-refractivity contribution in [3.05, 3.63) is 59.7 Å². The molecule has 0 saturated heterocycles. The van der Waals surface area contributed by atoms with Crippen molar-refractivity contribution in [1.29, 1.82) is 0 Å². The lowest BCUT2D eigenvalue weighted by Gasteiger charge is -2.45. The van der Waals surface area contributed by atoms with Crippen molar-refractivity contribution in [3.63, 3.8) is 0 Å². The minimum absolute atomic E-state index is 0.160. The van der Waals surface area contributed by atoms with E-state index in [9.17, 15) is 0 Å². The summed E-state index contributed by atoms with van der Waals surface area (Å²) < 4.78 is 11.9. The fourth-order valence-electron chi connectivity index (χ4n) is 3.88. The smallest absolute Gasteiger partial charge is 0.211 e. The Morgan fingerprint density at radius 3 is 2.61 bits per heavy atom. The van der Waals surface area contributed by atoms with Crippen LogP contribution in [-0.2, 0) is 5.41 Å². The largest absolute Gasteiger partial charge is 0.497 e. The van der Waals surface area contributed by atoms with Gasteiger partial charge in [0, 0.05) is 18.3 Å². The molecule has 0 N–H and O–H groups in total. The van der Waals surface area contributed by atoms with Gasteiger partial charge in [0.15, 0.2) is 0 Å². The van der Waals surface area contributed by atoms with Crippen LogP contribution in [0.1, 0.15) is 25.0 Å². The summed E-state index contributed by atoms with van der Waals surface area (Å²) in [5.41, 5.74) is 2.91. The van der Waals surface area contributed by atoms with Gasteiger partial charge >= 0.3 is 0 Å². The van der Waals surface area contributed by atoms with Crippen LogP contribution in [0.5, 0.6) is 11.5 Å². The highest BCUT2D eigenvalue weighted by atomic mass is 16.5. The Bertz CT molecular complexity index is 809. The standard InChI is InChI=1S/C20H21NO2/c1-19(2)16-7-5-6-8-17(16)21(3)20(19)12-11-14-13-15(22-4)9-10-18(14)23-20/h5-13H,1-4H3. The first-order valence-electron chi connectivity index (χ1n) is 7.89.